The number of Topliss-reactive ketones (excluding diaryl/α,β-unsaturated/α-hetero) is 2. The molecule has 0 amide bonds. The minimum Gasteiger partial charge on any atom is -0.504 e. The van der Waals surface area contributed by atoms with E-state index in [1.54, 1.807) is 0 Å². The molecule has 0 aromatic heterocycles. The summed E-state index contributed by atoms with van der Waals surface area (Å²) in [6.07, 6.45) is 7.35. The summed E-state index contributed by atoms with van der Waals surface area (Å²) in [6, 6.07) is 0. The van der Waals surface area contributed by atoms with Crippen molar-refractivity contribution in [2.75, 3.05) is 0 Å². The van der Waals surface area contributed by atoms with Gasteiger partial charge < -0.3 is 10.2 Å². The average molecular weight is 378 g/mol. The van der Waals surface area contributed by atoms with Crippen molar-refractivity contribution in [1.82, 2.24) is 0 Å². The summed E-state index contributed by atoms with van der Waals surface area (Å²) in [6.45, 7) is 11.8. The highest BCUT2D eigenvalue weighted by Gasteiger charge is 2.65. The van der Waals surface area contributed by atoms with E-state index in [1.165, 1.54) is 0 Å². The molecule has 4 heteroatoms. The Kier molecular flexibility index (Phi) is 3.66. The van der Waals surface area contributed by atoms with Crippen LogP contribution in [-0.2, 0) is 9.59 Å². The number of carbonyl (C=O) groups is 2. The molecule has 0 aromatic carbocycles. The van der Waals surface area contributed by atoms with E-state index >= 15 is 0 Å². The minimum atomic E-state index is -0.924. The fourth-order valence-electron chi connectivity index (χ4n) is 5.06. The highest BCUT2D eigenvalue weighted by atomic mass is 16.3. The summed E-state index contributed by atoms with van der Waals surface area (Å²) in [5.74, 6) is -1.24. The fraction of sp³-hybridized carbons (Fsp3) is 0.417. The Balaban J connectivity index is 2.18. The molecule has 0 aromatic rings. The van der Waals surface area contributed by atoms with Gasteiger partial charge in [-0.15, -0.1) is 0 Å². The number of allylic oxidation sites excluding steroid dienone is 10. The predicted molar refractivity (Wildman–Crippen MR) is 108 cm³/mol. The van der Waals surface area contributed by atoms with Crippen LogP contribution in [0.1, 0.15) is 41.5 Å². The average Bonchev–Trinajstić information content (AvgIpc) is 2.63. The van der Waals surface area contributed by atoms with Crippen molar-refractivity contribution < 1.29 is 19.8 Å². The molecule has 4 aliphatic carbocycles. The quantitative estimate of drug-likeness (QED) is 0.721. The number of hydrogen-bond donors (Lipinski definition) is 2. The molecule has 2 unspecified atom stereocenters. The maximum absolute atomic E-state index is 13.2. The molecule has 0 saturated carbocycles. The molecule has 28 heavy (non-hydrogen) atoms. The van der Waals surface area contributed by atoms with Crippen molar-refractivity contribution in [3.63, 3.8) is 0 Å². The third-order valence-electron chi connectivity index (χ3n) is 7.16. The molecule has 0 bridgehead atoms. The second kappa shape index (κ2) is 5.47. The molecule has 4 aliphatic rings. The van der Waals surface area contributed by atoms with Gasteiger partial charge >= 0.3 is 0 Å². The topological polar surface area (TPSA) is 74.6 Å². The van der Waals surface area contributed by atoms with Crippen molar-refractivity contribution in [3.05, 3.63) is 69.3 Å². The van der Waals surface area contributed by atoms with Crippen molar-refractivity contribution in [3.8, 4) is 0 Å². The minimum absolute atomic E-state index is 0.108. The van der Waals surface area contributed by atoms with Gasteiger partial charge in [-0.05, 0) is 36.8 Å². The second-order valence-corrected chi connectivity index (χ2v) is 9.15. The molecule has 4 rings (SSSR count). The Morgan fingerprint density at radius 2 is 1.00 bits per heavy atom. The maximum atomic E-state index is 13.2. The fourth-order valence-corrected chi connectivity index (χ4v) is 5.06. The van der Waals surface area contributed by atoms with Crippen LogP contribution in [0.15, 0.2) is 69.3 Å². The van der Waals surface area contributed by atoms with Gasteiger partial charge in [-0.2, -0.15) is 0 Å². The van der Waals surface area contributed by atoms with Crippen molar-refractivity contribution in [1.29, 1.82) is 0 Å². The molecule has 0 heterocycles. The summed E-state index contributed by atoms with van der Waals surface area (Å²) >= 11 is 0. The lowest BCUT2D eigenvalue weighted by atomic mass is 9.43. The van der Waals surface area contributed by atoms with E-state index in [9.17, 15) is 19.8 Å². The van der Waals surface area contributed by atoms with Crippen LogP contribution in [0.3, 0.4) is 0 Å². The van der Waals surface area contributed by atoms with E-state index in [2.05, 4.69) is 0 Å². The van der Waals surface area contributed by atoms with Gasteiger partial charge in [-0.25, -0.2) is 0 Å². The zero-order valence-electron chi connectivity index (χ0n) is 17.2. The zero-order valence-corrected chi connectivity index (χ0v) is 17.2. The van der Waals surface area contributed by atoms with Crippen LogP contribution in [0.5, 0.6) is 0 Å². The zero-order chi connectivity index (χ0) is 20.8. The molecule has 0 aliphatic heterocycles. The van der Waals surface area contributed by atoms with Crippen LogP contribution >= 0.6 is 0 Å². The molecule has 146 valence electrons. The van der Waals surface area contributed by atoms with Gasteiger partial charge in [0, 0.05) is 33.1 Å². The number of aliphatic hydroxyl groups is 2. The first kappa shape index (κ1) is 18.7. The number of hydrogen-bond acceptors (Lipinski definition) is 4. The molecule has 0 spiro atoms. The van der Waals surface area contributed by atoms with E-state index in [1.807, 2.05) is 65.8 Å². The third kappa shape index (κ3) is 1.91. The third-order valence-corrected chi connectivity index (χ3v) is 7.16. The SMILES string of the molecule is CC(C)C1=CC2=C(O)C(=O)C3=CC(C(C)C)=CC4=C(O)C(=O)C(=C1)C2(C)C34C. The van der Waals surface area contributed by atoms with Crippen molar-refractivity contribution >= 4 is 11.6 Å². The van der Waals surface area contributed by atoms with Crippen LogP contribution in [-0.4, -0.2) is 21.8 Å². The first-order valence-electron chi connectivity index (χ1n) is 9.80. The molecule has 0 radical (unpaired) electrons. The van der Waals surface area contributed by atoms with Gasteiger partial charge in [0.1, 0.15) is 0 Å². The Morgan fingerprint density at radius 3 is 1.29 bits per heavy atom. The van der Waals surface area contributed by atoms with E-state index in [-0.39, 0.29) is 23.4 Å². The van der Waals surface area contributed by atoms with E-state index in [0.717, 1.165) is 11.1 Å². The van der Waals surface area contributed by atoms with Gasteiger partial charge in [0.25, 0.3) is 0 Å². The lowest BCUT2D eigenvalue weighted by Gasteiger charge is -2.57. The summed E-state index contributed by atoms with van der Waals surface area (Å²) in [7, 11) is 0. The Morgan fingerprint density at radius 1 is 0.679 bits per heavy atom. The highest BCUT2D eigenvalue weighted by molar-refractivity contribution is 6.17. The maximum Gasteiger partial charge on any atom is 0.224 e. The lowest BCUT2D eigenvalue weighted by molar-refractivity contribution is -0.120. The Bertz CT molecular complexity index is 954. The molecule has 0 saturated heterocycles. The van der Waals surface area contributed by atoms with Gasteiger partial charge in [0.05, 0.1) is 0 Å². The van der Waals surface area contributed by atoms with Crippen LogP contribution in [0, 0.1) is 22.7 Å². The second-order valence-electron chi connectivity index (χ2n) is 9.15. The number of rotatable bonds is 2. The number of carbonyl (C=O) groups excluding carboxylic acids is 2. The van der Waals surface area contributed by atoms with E-state index in [4.69, 9.17) is 0 Å². The normalized spacial score (nSPS) is 31.7. The predicted octanol–water partition coefficient (Wildman–Crippen LogP) is 4.83. The first-order valence-corrected chi connectivity index (χ1v) is 9.80. The van der Waals surface area contributed by atoms with Crippen LogP contribution in [0.2, 0.25) is 0 Å². The van der Waals surface area contributed by atoms with E-state index in [0.29, 0.717) is 22.3 Å². The summed E-state index contributed by atoms with van der Waals surface area (Å²) < 4.78 is 0. The van der Waals surface area contributed by atoms with E-state index < -0.39 is 22.4 Å². The molecule has 2 N–H and O–H groups in total. The van der Waals surface area contributed by atoms with Gasteiger partial charge in [-0.1, -0.05) is 52.0 Å². The largest absolute Gasteiger partial charge is 0.504 e. The van der Waals surface area contributed by atoms with Crippen LogP contribution < -0.4 is 0 Å². The molecule has 2 atom stereocenters. The molecule has 0 fully saturated rings. The molecular weight excluding hydrogens is 352 g/mol. The number of ketones is 2. The summed E-state index contributed by atoms with van der Waals surface area (Å²) in [4.78, 5) is 26.5. The van der Waals surface area contributed by atoms with Gasteiger partial charge in [0.2, 0.25) is 11.6 Å². The van der Waals surface area contributed by atoms with Crippen LogP contribution in [0.25, 0.3) is 0 Å². The van der Waals surface area contributed by atoms with Gasteiger partial charge in [0.15, 0.2) is 11.5 Å². The van der Waals surface area contributed by atoms with Crippen molar-refractivity contribution in [2.45, 2.75) is 41.5 Å². The molecule has 4 nitrogen and oxygen atoms in total. The Hall–Kier alpha value is -2.62. The highest BCUT2D eigenvalue weighted by Crippen LogP contribution is 2.67. The summed E-state index contributed by atoms with van der Waals surface area (Å²) in [5.41, 5.74) is 1.68. The first-order chi connectivity index (χ1) is 13.0. The van der Waals surface area contributed by atoms with Crippen molar-refractivity contribution in [2.24, 2.45) is 22.7 Å². The van der Waals surface area contributed by atoms with Crippen LogP contribution in [0.4, 0.5) is 0 Å². The number of aliphatic hydroxyl groups excluding tert-OH is 2. The standard InChI is InChI=1S/C24H26O4/c1-11(2)13-7-15-19(25)21(27)17-9-14(12(3)4)10-18-22(28)20(26)16(8-13)23(15,5)24(17,18)6/h7-12,25,28H,1-6H3. The lowest BCUT2D eigenvalue weighted by Crippen LogP contribution is -2.55. The Labute approximate surface area is 165 Å². The summed E-state index contributed by atoms with van der Waals surface area (Å²) in [5, 5.41) is 21.8. The smallest absolute Gasteiger partial charge is 0.224 e. The van der Waals surface area contributed by atoms with Gasteiger partial charge in [-0.3, -0.25) is 9.59 Å². The monoisotopic (exact) mass is 378 g/mol. The molecular formula is C24H26O4.